The van der Waals surface area contributed by atoms with Gasteiger partial charge < -0.3 is 10.0 Å². The molecule has 1 heterocycles. The van der Waals surface area contributed by atoms with E-state index in [9.17, 15) is 9.59 Å². The lowest BCUT2D eigenvalue weighted by atomic mass is 10.5. The molecule has 0 spiro atoms. The van der Waals surface area contributed by atoms with E-state index in [1.807, 2.05) is 0 Å². The first kappa shape index (κ1) is 12.7. The summed E-state index contributed by atoms with van der Waals surface area (Å²) >= 11 is 0. The van der Waals surface area contributed by atoms with Gasteiger partial charge in [-0.05, 0) is 0 Å². The number of carbonyl (C=O) groups excluding carboxylic acids is 1. The zero-order chi connectivity index (χ0) is 12.8. The van der Waals surface area contributed by atoms with Crippen LogP contribution in [0.4, 0.5) is 10.7 Å². The lowest BCUT2D eigenvalue weighted by molar-refractivity contribution is -0.137. The molecule has 92 valence electrons. The number of anilines is 1. The SMILES string of the molecule is C=CCN(CC(=O)O)C(=O)Nc1ncnn1C. The topological polar surface area (TPSA) is 100 Å². The maximum absolute atomic E-state index is 11.7. The number of rotatable bonds is 5. The lowest BCUT2D eigenvalue weighted by Gasteiger charge is -2.18. The number of nitrogens with one attached hydrogen (secondary N) is 1. The summed E-state index contributed by atoms with van der Waals surface area (Å²) in [4.78, 5) is 27.2. The van der Waals surface area contributed by atoms with Gasteiger partial charge in [0.05, 0.1) is 0 Å². The predicted octanol–water partition coefficient (Wildman–Crippen LogP) is -0.0804. The molecular formula is C9H13N5O3. The van der Waals surface area contributed by atoms with Gasteiger partial charge in [0.25, 0.3) is 0 Å². The highest BCUT2D eigenvalue weighted by atomic mass is 16.4. The highest BCUT2D eigenvalue weighted by Gasteiger charge is 2.16. The van der Waals surface area contributed by atoms with Gasteiger partial charge in [0.15, 0.2) is 0 Å². The Balaban J connectivity index is 2.68. The third kappa shape index (κ3) is 3.59. The van der Waals surface area contributed by atoms with Crippen molar-refractivity contribution in [3.05, 3.63) is 19.0 Å². The summed E-state index contributed by atoms with van der Waals surface area (Å²) in [5, 5.41) is 14.9. The second kappa shape index (κ2) is 5.64. The molecule has 0 atom stereocenters. The van der Waals surface area contributed by atoms with Crippen molar-refractivity contribution in [1.29, 1.82) is 0 Å². The molecular weight excluding hydrogens is 226 g/mol. The van der Waals surface area contributed by atoms with E-state index in [1.165, 1.54) is 17.1 Å². The summed E-state index contributed by atoms with van der Waals surface area (Å²) in [6.07, 6.45) is 2.73. The molecule has 2 N–H and O–H groups in total. The number of aryl methyl sites for hydroxylation is 1. The molecule has 2 amide bonds. The van der Waals surface area contributed by atoms with Crippen LogP contribution < -0.4 is 5.32 Å². The minimum atomic E-state index is -1.10. The highest BCUT2D eigenvalue weighted by Crippen LogP contribution is 2.01. The molecule has 0 unspecified atom stereocenters. The molecule has 0 aliphatic carbocycles. The maximum atomic E-state index is 11.7. The van der Waals surface area contributed by atoms with Gasteiger partial charge in [-0.2, -0.15) is 10.1 Å². The molecule has 0 aromatic carbocycles. The highest BCUT2D eigenvalue weighted by molar-refractivity contribution is 5.89. The van der Waals surface area contributed by atoms with Crippen molar-refractivity contribution < 1.29 is 14.7 Å². The van der Waals surface area contributed by atoms with Crippen LogP contribution >= 0.6 is 0 Å². The molecule has 1 aromatic heterocycles. The number of urea groups is 1. The zero-order valence-corrected chi connectivity index (χ0v) is 9.33. The third-order valence-corrected chi connectivity index (χ3v) is 1.89. The van der Waals surface area contributed by atoms with Crippen molar-refractivity contribution >= 4 is 17.9 Å². The minimum absolute atomic E-state index is 0.135. The smallest absolute Gasteiger partial charge is 0.325 e. The van der Waals surface area contributed by atoms with E-state index >= 15 is 0 Å². The molecule has 0 aliphatic rings. The number of hydrogen-bond donors (Lipinski definition) is 2. The number of amides is 2. The number of carboxylic acids is 1. The molecule has 0 saturated carbocycles. The number of aromatic nitrogens is 3. The van der Waals surface area contributed by atoms with E-state index in [0.29, 0.717) is 0 Å². The van der Waals surface area contributed by atoms with Crippen LogP contribution in [0.1, 0.15) is 0 Å². The Bertz CT molecular complexity index is 428. The molecule has 8 nitrogen and oxygen atoms in total. The van der Waals surface area contributed by atoms with Crippen molar-refractivity contribution in [1.82, 2.24) is 19.7 Å². The van der Waals surface area contributed by atoms with Crippen molar-refractivity contribution in [3.8, 4) is 0 Å². The Hall–Kier alpha value is -2.38. The molecule has 1 rings (SSSR count). The fourth-order valence-electron chi connectivity index (χ4n) is 1.12. The Morgan fingerprint density at radius 1 is 1.71 bits per heavy atom. The van der Waals surface area contributed by atoms with Crippen LogP contribution in [0.25, 0.3) is 0 Å². The van der Waals surface area contributed by atoms with Crippen LogP contribution in [0.15, 0.2) is 19.0 Å². The zero-order valence-electron chi connectivity index (χ0n) is 9.33. The van der Waals surface area contributed by atoms with Crippen LogP contribution in [-0.2, 0) is 11.8 Å². The largest absolute Gasteiger partial charge is 0.480 e. The molecule has 0 fully saturated rings. The Labute approximate surface area is 97.6 Å². The molecule has 0 saturated heterocycles. The van der Waals surface area contributed by atoms with Gasteiger partial charge in [-0.15, -0.1) is 6.58 Å². The summed E-state index contributed by atoms with van der Waals surface area (Å²) < 4.78 is 1.37. The van der Waals surface area contributed by atoms with E-state index in [2.05, 4.69) is 22.0 Å². The Morgan fingerprint density at radius 2 is 2.41 bits per heavy atom. The van der Waals surface area contributed by atoms with Gasteiger partial charge in [-0.1, -0.05) is 6.08 Å². The maximum Gasteiger partial charge on any atom is 0.325 e. The van der Waals surface area contributed by atoms with Crippen molar-refractivity contribution in [2.45, 2.75) is 0 Å². The molecule has 0 radical (unpaired) electrons. The molecule has 17 heavy (non-hydrogen) atoms. The van der Waals surface area contributed by atoms with Gasteiger partial charge in [-0.25, -0.2) is 9.48 Å². The van der Waals surface area contributed by atoms with Crippen LogP contribution in [0.2, 0.25) is 0 Å². The molecule has 8 heteroatoms. The summed E-state index contributed by atoms with van der Waals surface area (Å²) in [6, 6.07) is -0.566. The van der Waals surface area contributed by atoms with E-state index in [4.69, 9.17) is 5.11 Å². The lowest BCUT2D eigenvalue weighted by Crippen LogP contribution is -2.39. The quantitative estimate of drug-likeness (QED) is 0.700. The van der Waals surface area contributed by atoms with Crippen LogP contribution in [0, 0.1) is 0 Å². The fraction of sp³-hybridized carbons (Fsp3) is 0.333. The van der Waals surface area contributed by atoms with E-state index in [-0.39, 0.29) is 12.5 Å². The first-order chi connectivity index (χ1) is 8.04. The molecule has 0 bridgehead atoms. The Morgan fingerprint density at radius 3 is 2.88 bits per heavy atom. The second-order valence-electron chi connectivity index (χ2n) is 3.20. The average molecular weight is 239 g/mol. The van der Waals surface area contributed by atoms with Gasteiger partial charge >= 0.3 is 12.0 Å². The minimum Gasteiger partial charge on any atom is -0.480 e. The number of carboxylic acid groups (broad SMARTS) is 1. The third-order valence-electron chi connectivity index (χ3n) is 1.89. The van der Waals surface area contributed by atoms with Crippen molar-refractivity contribution in [2.24, 2.45) is 7.05 Å². The van der Waals surface area contributed by atoms with E-state index in [1.54, 1.807) is 7.05 Å². The fourth-order valence-corrected chi connectivity index (χ4v) is 1.12. The normalized spacial score (nSPS) is 9.71. The number of hydrogen-bond acceptors (Lipinski definition) is 4. The first-order valence-electron chi connectivity index (χ1n) is 4.77. The standard InChI is InChI=1S/C9H13N5O3/c1-3-4-14(5-7(15)16)9(17)12-8-10-6-11-13(8)2/h3,6H,1,4-5H2,2H3,(H,15,16)(H,10,11,12,17). The van der Waals surface area contributed by atoms with E-state index in [0.717, 1.165) is 4.90 Å². The summed E-state index contributed by atoms with van der Waals surface area (Å²) in [5.41, 5.74) is 0. The van der Waals surface area contributed by atoms with Crippen LogP contribution in [0.5, 0.6) is 0 Å². The summed E-state index contributed by atoms with van der Waals surface area (Å²) in [6.45, 7) is 3.18. The number of nitrogens with zero attached hydrogens (tertiary/aromatic N) is 4. The first-order valence-corrected chi connectivity index (χ1v) is 4.77. The number of aliphatic carboxylic acids is 1. The van der Waals surface area contributed by atoms with Gasteiger partial charge in [0.2, 0.25) is 5.95 Å². The van der Waals surface area contributed by atoms with Gasteiger partial charge in [0, 0.05) is 13.6 Å². The molecule has 1 aromatic rings. The number of carbonyl (C=O) groups is 2. The van der Waals surface area contributed by atoms with Crippen molar-refractivity contribution in [3.63, 3.8) is 0 Å². The van der Waals surface area contributed by atoms with Gasteiger partial charge in [0.1, 0.15) is 12.9 Å². The average Bonchev–Trinajstić information content (AvgIpc) is 2.63. The van der Waals surface area contributed by atoms with Gasteiger partial charge in [-0.3, -0.25) is 10.1 Å². The molecule has 0 aliphatic heterocycles. The Kier molecular flexibility index (Phi) is 4.21. The summed E-state index contributed by atoms with van der Waals surface area (Å²) in [7, 11) is 1.61. The van der Waals surface area contributed by atoms with Crippen LogP contribution in [0.3, 0.4) is 0 Å². The predicted molar refractivity (Wildman–Crippen MR) is 59.4 cm³/mol. The van der Waals surface area contributed by atoms with Crippen molar-refractivity contribution in [2.75, 3.05) is 18.4 Å². The monoisotopic (exact) mass is 239 g/mol. The van der Waals surface area contributed by atoms with E-state index < -0.39 is 18.5 Å². The summed E-state index contributed by atoms with van der Waals surface area (Å²) in [5.74, 6) is -0.852. The van der Waals surface area contributed by atoms with Crippen LogP contribution in [-0.4, -0.2) is 49.9 Å². The second-order valence-corrected chi connectivity index (χ2v) is 3.20.